The first kappa shape index (κ1) is 16.2. The summed E-state index contributed by atoms with van der Waals surface area (Å²) in [4.78, 5) is 2.42. The first-order valence-electron chi connectivity index (χ1n) is 6.54. The van der Waals surface area contributed by atoms with Crippen LogP contribution in [0.1, 0.15) is 23.6 Å². The Morgan fingerprint density at radius 3 is 2.74 bits per heavy atom. The zero-order valence-electron chi connectivity index (χ0n) is 11.4. The van der Waals surface area contributed by atoms with Crippen LogP contribution in [0.25, 0.3) is 0 Å². The van der Waals surface area contributed by atoms with Gasteiger partial charge in [0.25, 0.3) is 0 Å². The Bertz CT molecular complexity index is 417. The first-order chi connectivity index (χ1) is 8.74. The molecule has 0 aromatic heterocycles. The van der Waals surface area contributed by atoms with Gasteiger partial charge in [-0.15, -0.1) is 19.0 Å². The van der Waals surface area contributed by atoms with Crippen LogP contribution in [0.5, 0.6) is 0 Å². The lowest BCUT2D eigenvalue weighted by Gasteiger charge is -2.35. The van der Waals surface area contributed by atoms with Gasteiger partial charge in [0.05, 0.1) is 0 Å². The molecule has 1 saturated heterocycles. The van der Waals surface area contributed by atoms with E-state index in [9.17, 15) is 4.39 Å². The molecular formula is C15H22ClFN2. The van der Waals surface area contributed by atoms with E-state index in [1.165, 1.54) is 6.07 Å². The van der Waals surface area contributed by atoms with Crippen molar-refractivity contribution in [3.05, 3.63) is 47.8 Å². The summed E-state index contributed by atoms with van der Waals surface area (Å²) in [6.07, 6.45) is 2.79. The molecule has 0 unspecified atom stereocenters. The predicted octanol–water partition coefficient (Wildman–Crippen LogP) is 3.08. The van der Waals surface area contributed by atoms with Crippen LogP contribution < -0.4 is 5.32 Å². The number of benzene rings is 1. The Balaban J connectivity index is 0.00000180. The van der Waals surface area contributed by atoms with Crippen LogP contribution in [-0.4, -0.2) is 31.1 Å². The maximum absolute atomic E-state index is 13.7. The minimum Gasteiger partial charge on any atom is -0.314 e. The summed E-state index contributed by atoms with van der Waals surface area (Å²) in [6.45, 7) is 9.72. The minimum absolute atomic E-state index is 0. The van der Waals surface area contributed by atoms with Crippen molar-refractivity contribution in [2.24, 2.45) is 0 Å². The van der Waals surface area contributed by atoms with E-state index in [0.717, 1.165) is 43.7 Å². The number of rotatable bonds is 4. The summed E-state index contributed by atoms with van der Waals surface area (Å²) < 4.78 is 13.7. The largest absolute Gasteiger partial charge is 0.314 e. The van der Waals surface area contributed by atoms with Crippen LogP contribution in [0.3, 0.4) is 0 Å². The molecule has 106 valence electrons. The molecule has 1 aliphatic rings. The molecule has 1 heterocycles. The second-order valence-corrected chi connectivity index (χ2v) is 4.78. The minimum atomic E-state index is -0.114. The Morgan fingerprint density at radius 2 is 2.11 bits per heavy atom. The quantitative estimate of drug-likeness (QED) is 0.855. The summed E-state index contributed by atoms with van der Waals surface area (Å²) in [5.41, 5.74) is 1.86. The van der Waals surface area contributed by atoms with Gasteiger partial charge in [-0.05, 0) is 30.5 Å². The van der Waals surface area contributed by atoms with Crippen LogP contribution in [0.4, 0.5) is 4.39 Å². The maximum Gasteiger partial charge on any atom is 0.126 e. The summed E-state index contributed by atoms with van der Waals surface area (Å²) in [5.74, 6) is -0.114. The Labute approximate surface area is 121 Å². The maximum atomic E-state index is 13.7. The van der Waals surface area contributed by atoms with E-state index in [4.69, 9.17) is 0 Å². The van der Waals surface area contributed by atoms with Crippen LogP contribution >= 0.6 is 12.4 Å². The van der Waals surface area contributed by atoms with Crippen molar-refractivity contribution in [2.45, 2.75) is 19.4 Å². The third-order valence-electron chi connectivity index (χ3n) is 3.65. The van der Waals surface area contributed by atoms with Crippen molar-refractivity contribution in [2.75, 3.05) is 26.2 Å². The first-order valence-corrected chi connectivity index (χ1v) is 6.54. The average molecular weight is 285 g/mol. The zero-order chi connectivity index (χ0) is 13.0. The van der Waals surface area contributed by atoms with E-state index in [-0.39, 0.29) is 24.3 Å². The van der Waals surface area contributed by atoms with E-state index in [1.54, 1.807) is 6.07 Å². The molecule has 1 aromatic carbocycles. The second kappa shape index (κ2) is 7.63. The van der Waals surface area contributed by atoms with Gasteiger partial charge >= 0.3 is 0 Å². The van der Waals surface area contributed by atoms with E-state index in [2.05, 4.69) is 16.8 Å². The van der Waals surface area contributed by atoms with Gasteiger partial charge in [0.15, 0.2) is 0 Å². The van der Waals surface area contributed by atoms with Crippen molar-refractivity contribution in [3.8, 4) is 0 Å². The van der Waals surface area contributed by atoms with Crippen LogP contribution in [0, 0.1) is 12.7 Å². The molecular weight excluding hydrogens is 263 g/mol. The summed E-state index contributed by atoms with van der Waals surface area (Å²) >= 11 is 0. The highest BCUT2D eigenvalue weighted by atomic mass is 35.5. The molecule has 2 rings (SSSR count). The predicted molar refractivity (Wildman–Crippen MR) is 80.4 cm³/mol. The molecule has 0 amide bonds. The van der Waals surface area contributed by atoms with Gasteiger partial charge in [-0.1, -0.05) is 18.2 Å². The lowest BCUT2D eigenvalue weighted by Crippen LogP contribution is -2.45. The zero-order valence-corrected chi connectivity index (χ0v) is 12.2. The number of hydrogen-bond donors (Lipinski definition) is 1. The molecule has 19 heavy (non-hydrogen) atoms. The van der Waals surface area contributed by atoms with Gasteiger partial charge in [-0.2, -0.15) is 0 Å². The van der Waals surface area contributed by atoms with Crippen molar-refractivity contribution < 1.29 is 4.39 Å². The standard InChI is InChI=1S/C15H21FN2.ClH/c1-3-5-15(18-10-8-17-9-11-18)13-6-4-7-14(16)12(13)2;/h3-4,6-7,15,17H,1,5,8-11H2,2H3;1H/t15-;/m0./s1. The van der Waals surface area contributed by atoms with Gasteiger partial charge < -0.3 is 5.32 Å². The normalized spacial score (nSPS) is 17.6. The fourth-order valence-electron chi connectivity index (χ4n) is 2.61. The van der Waals surface area contributed by atoms with E-state index >= 15 is 0 Å². The molecule has 0 saturated carbocycles. The third-order valence-corrected chi connectivity index (χ3v) is 3.65. The van der Waals surface area contributed by atoms with Crippen molar-refractivity contribution in [1.82, 2.24) is 10.2 Å². The number of nitrogens with one attached hydrogen (secondary N) is 1. The molecule has 1 N–H and O–H groups in total. The fraction of sp³-hybridized carbons (Fsp3) is 0.467. The second-order valence-electron chi connectivity index (χ2n) is 4.78. The molecule has 4 heteroatoms. The molecule has 0 bridgehead atoms. The molecule has 1 atom stereocenters. The lowest BCUT2D eigenvalue weighted by atomic mass is 9.96. The van der Waals surface area contributed by atoms with Gasteiger partial charge in [-0.3, -0.25) is 4.90 Å². The van der Waals surface area contributed by atoms with E-state index in [0.29, 0.717) is 0 Å². The fourth-order valence-corrected chi connectivity index (χ4v) is 2.61. The van der Waals surface area contributed by atoms with Crippen LogP contribution in [0.2, 0.25) is 0 Å². The number of piperazine rings is 1. The number of halogens is 2. The molecule has 0 aliphatic carbocycles. The average Bonchev–Trinajstić information content (AvgIpc) is 2.41. The van der Waals surface area contributed by atoms with Gasteiger partial charge in [0.2, 0.25) is 0 Å². The molecule has 1 fully saturated rings. The van der Waals surface area contributed by atoms with Crippen LogP contribution in [0.15, 0.2) is 30.9 Å². The smallest absolute Gasteiger partial charge is 0.126 e. The monoisotopic (exact) mass is 284 g/mol. The highest BCUT2D eigenvalue weighted by Crippen LogP contribution is 2.28. The van der Waals surface area contributed by atoms with Gasteiger partial charge in [0.1, 0.15) is 5.82 Å². The molecule has 2 nitrogen and oxygen atoms in total. The summed E-state index contributed by atoms with van der Waals surface area (Å²) in [6, 6.07) is 5.62. The summed E-state index contributed by atoms with van der Waals surface area (Å²) in [7, 11) is 0. The molecule has 0 spiro atoms. The molecule has 1 aliphatic heterocycles. The van der Waals surface area contributed by atoms with Gasteiger partial charge in [0, 0.05) is 32.2 Å². The van der Waals surface area contributed by atoms with Crippen LogP contribution in [-0.2, 0) is 0 Å². The highest BCUT2D eigenvalue weighted by molar-refractivity contribution is 5.85. The van der Waals surface area contributed by atoms with Crippen molar-refractivity contribution in [1.29, 1.82) is 0 Å². The van der Waals surface area contributed by atoms with Gasteiger partial charge in [-0.25, -0.2) is 4.39 Å². The Hall–Kier alpha value is -0.900. The number of nitrogens with zero attached hydrogens (tertiary/aromatic N) is 1. The van der Waals surface area contributed by atoms with E-state index in [1.807, 2.05) is 19.1 Å². The van der Waals surface area contributed by atoms with Crippen molar-refractivity contribution >= 4 is 12.4 Å². The third kappa shape index (κ3) is 3.78. The Kier molecular flexibility index (Phi) is 6.49. The number of hydrogen-bond acceptors (Lipinski definition) is 2. The lowest BCUT2D eigenvalue weighted by molar-refractivity contribution is 0.173. The highest BCUT2D eigenvalue weighted by Gasteiger charge is 2.23. The molecule has 1 aromatic rings. The summed E-state index contributed by atoms with van der Waals surface area (Å²) in [5, 5.41) is 3.35. The SMILES string of the molecule is C=CC[C@@H](c1cccc(F)c1C)N1CCNCC1.Cl. The van der Waals surface area contributed by atoms with Crippen molar-refractivity contribution in [3.63, 3.8) is 0 Å². The Morgan fingerprint density at radius 1 is 1.42 bits per heavy atom. The topological polar surface area (TPSA) is 15.3 Å². The van der Waals surface area contributed by atoms with E-state index < -0.39 is 0 Å². The molecule has 0 radical (unpaired) electrons.